The normalized spacial score (nSPS) is 16.9. The number of hydrogen-bond donors (Lipinski definition) is 0. The highest BCUT2D eigenvalue weighted by Crippen LogP contribution is 2.36. The Labute approximate surface area is 206 Å². The van der Waals surface area contributed by atoms with Crippen molar-refractivity contribution in [3.05, 3.63) is 52.8 Å². The van der Waals surface area contributed by atoms with Crippen LogP contribution in [-0.2, 0) is 36.5 Å². The van der Waals surface area contributed by atoms with Crippen LogP contribution in [0.15, 0.2) is 30.6 Å². The van der Waals surface area contributed by atoms with Crippen molar-refractivity contribution in [1.29, 1.82) is 0 Å². The van der Waals surface area contributed by atoms with Crippen molar-refractivity contribution < 1.29 is 38.0 Å². The third-order valence-corrected chi connectivity index (χ3v) is 5.53. The second kappa shape index (κ2) is 12.9. The lowest BCUT2D eigenvalue weighted by Gasteiger charge is -2.22. The molecule has 0 N–H and O–H groups in total. The molecular weight excluding hydrogens is 454 g/mol. The van der Waals surface area contributed by atoms with Gasteiger partial charge in [0, 0.05) is 38.2 Å². The molecule has 1 aromatic carbocycles. The Morgan fingerprint density at radius 3 is 2.37 bits per heavy atom. The van der Waals surface area contributed by atoms with Crippen molar-refractivity contribution in [1.82, 2.24) is 4.98 Å². The number of benzene rings is 1. The van der Waals surface area contributed by atoms with Gasteiger partial charge in [-0.1, -0.05) is 6.92 Å². The van der Waals surface area contributed by atoms with E-state index < -0.39 is 5.79 Å². The summed E-state index contributed by atoms with van der Waals surface area (Å²) in [5.74, 6) is 0.196. The fourth-order valence-corrected chi connectivity index (χ4v) is 4.01. The molecule has 3 rings (SSSR count). The van der Waals surface area contributed by atoms with Crippen LogP contribution in [0.1, 0.15) is 47.8 Å². The van der Waals surface area contributed by atoms with E-state index in [1.54, 1.807) is 37.7 Å². The Hall–Kier alpha value is -2.56. The van der Waals surface area contributed by atoms with Gasteiger partial charge in [0.05, 0.1) is 25.4 Å². The van der Waals surface area contributed by atoms with Gasteiger partial charge in [0.1, 0.15) is 17.6 Å². The molecule has 0 saturated carbocycles. The van der Waals surface area contributed by atoms with E-state index in [1.807, 2.05) is 20.8 Å². The number of nitrogens with zero attached hydrogens (tertiary/aromatic N) is 1. The molecular formula is C26H35NO8. The van der Waals surface area contributed by atoms with Gasteiger partial charge in [-0.3, -0.25) is 9.78 Å². The minimum absolute atomic E-state index is 0.0173. The maximum Gasteiger partial charge on any atom is 0.197 e. The lowest BCUT2D eigenvalue weighted by molar-refractivity contribution is -0.144. The van der Waals surface area contributed by atoms with Crippen LogP contribution >= 0.6 is 0 Å². The first kappa shape index (κ1) is 27.0. The molecule has 0 spiro atoms. The maximum absolute atomic E-state index is 13.7. The Kier molecular flexibility index (Phi) is 10.00. The van der Waals surface area contributed by atoms with Crippen LogP contribution in [0.4, 0.5) is 0 Å². The fraction of sp³-hybridized carbons (Fsp3) is 0.538. The van der Waals surface area contributed by atoms with E-state index in [4.69, 9.17) is 33.2 Å². The zero-order valence-electron chi connectivity index (χ0n) is 21.1. The molecule has 0 radical (unpaired) electrons. The molecule has 2 aromatic rings. The second-order valence-corrected chi connectivity index (χ2v) is 8.50. The average Bonchev–Trinajstić information content (AvgIpc) is 3.22. The molecule has 1 atom stereocenters. The lowest BCUT2D eigenvalue weighted by Crippen LogP contribution is -2.24. The van der Waals surface area contributed by atoms with Gasteiger partial charge in [0.25, 0.3) is 0 Å². The minimum Gasteiger partial charge on any atom is -0.467 e. The molecule has 1 unspecified atom stereocenters. The van der Waals surface area contributed by atoms with E-state index in [0.29, 0.717) is 55.3 Å². The first-order valence-corrected chi connectivity index (χ1v) is 11.7. The van der Waals surface area contributed by atoms with Gasteiger partial charge in [-0.2, -0.15) is 0 Å². The van der Waals surface area contributed by atoms with Crippen molar-refractivity contribution >= 4 is 5.78 Å². The van der Waals surface area contributed by atoms with Crippen molar-refractivity contribution in [3.8, 4) is 11.5 Å². The standard InChI is InChI=1S/C26H35NO8/c1-6-20-21(9-12-31-14-19-15-34-26(2,3)35-19)24(25(28)18-7-10-27-11-8-18)23(33-17-30-5)13-22(20)32-16-29-4/h7-8,10-11,13,19H,6,9,12,14-17H2,1-5H3. The number of carbonyl (C=O) groups excluding carboxylic acids is 1. The Bertz CT molecular complexity index is 964. The molecule has 0 bridgehead atoms. The first-order valence-electron chi connectivity index (χ1n) is 11.7. The van der Waals surface area contributed by atoms with Crippen LogP contribution in [0.3, 0.4) is 0 Å². The molecule has 0 amide bonds. The van der Waals surface area contributed by atoms with Gasteiger partial charge >= 0.3 is 0 Å². The summed E-state index contributed by atoms with van der Waals surface area (Å²) in [5, 5.41) is 0. The smallest absolute Gasteiger partial charge is 0.197 e. The minimum atomic E-state index is -0.603. The molecule has 1 aromatic heterocycles. The highest BCUT2D eigenvalue weighted by atomic mass is 16.7. The summed E-state index contributed by atoms with van der Waals surface area (Å²) >= 11 is 0. The van der Waals surface area contributed by atoms with Crippen LogP contribution in [0.5, 0.6) is 11.5 Å². The maximum atomic E-state index is 13.7. The monoisotopic (exact) mass is 489 g/mol. The highest BCUT2D eigenvalue weighted by molar-refractivity contribution is 6.12. The van der Waals surface area contributed by atoms with Gasteiger partial charge in [-0.15, -0.1) is 0 Å². The Morgan fingerprint density at radius 1 is 1.09 bits per heavy atom. The molecule has 1 fully saturated rings. The second-order valence-electron chi connectivity index (χ2n) is 8.50. The fourth-order valence-electron chi connectivity index (χ4n) is 4.01. The summed E-state index contributed by atoms with van der Waals surface area (Å²) < 4.78 is 39.3. The molecule has 1 aliphatic rings. The third kappa shape index (κ3) is 7.22. The van der Waals surface area contributed by atoms with Crippen LogP contribution in [0.2, 0.25) is 0 Å². The first-order chi connectivity index (χ1) is 16.9. The molecule has 0 aliphatic carbocycles. The van der Waals surface area contributed by atoms with Crippen LogP contribution in [0, 0.1) is 0 Å². The Morgan fingerprint density at radius 2 is 1.77 bits per heavy atom. The van der Waals surface area contributed by atoms with Crippen LogP contribution in [-0.4, -0.2) is 70.3 Å². The van der Waals surface area contributed by atoms with Gasteiger partial charge in [-0.05, 0) is 49.9 Å². The van der Waals surface area contributed by atoms with E-state index in [-0.39, 0.29) is 25.5 Å². The van der Waals surface area contributed by atoms with Gasteiger partial charge in [0.2, 0.25) is 0 Å². The summed E-state index contributed by atoms with van der Waals surface area (Å²) in [6, 6.07) is 5.09. The number of carbonyl (C=O) groups is 1. The number of ketones is 1. The Balaban J connectivity index is 1.93. The molecule has 9 heteroatoms. The van der Waals surface area contributed by atoms with E-state index in [0.717, 1.165) is 11.1 Å². The number of pyridine rings is 1. The lowest BCUT2D eigenvalue weighted by atomic mass is 9.90. The molecule has 2 heterocycles. The van der Waals surface area contributed by atoms with Gasteiger partial charge in [-0.25, -0.2) is 0 Å². The number of methoxy groups -OCH3 is 2. The highest BCUT2D eigenvalue weighted by Gasteiger charge is 2.32. The largest absolute Gasteiger partial charge is 0.467 e. The number of aromatic nitrogens is 1. The molecule has 9 nitrogen and oxygen atoms in total. The average molecular weight is 490 g/mol. The van der Waals surface area contributed by atoms with Gasteiger partial charge < -0.3 is 33.2 Å². The summed E-state index contributed by atoms with van der Waals surface area (Å²) in [7, 11) is 3.08. The van der Waals surface area contributed by atoms with E-state index in [9.17, 15) is 4.79 Å². The van der Waals surface area contributed by atoms with Crippen molar-refractivity contribution in [2.24, 2.45) is 0 Å². The van der Waals surface area contributed by atoms with Crippen LogP contribution < -0.4 is 9.47 Å². The molecule has 192 valence electrons. The predicted octanol–water partition coefficient (Wildman–Crippen LogP) is 3.55. The summed E-state index contributed by atoms with van der Waals surface area (Å²) in [4.78, 5) is 17.7. The number of rotatable bonds is 14. The van der Waals surface area contributed by atoms with Crippen molar-refractivity contribution in [3.63, 3.8) is 0 Å². The van der Waals surface area contributed by atoms with E-state index in [2.05, 4.69) is 4.98 Å². The molecule has 1 saturated heterocycles. The zero-order valence-corrected chi connectivity index (χ0v) is 21.1. The van der Waals surface area contributed by atoms with Gasteiger partial charge in [0.15, 0.2) is 25.2 Å². The summed E-state index contributed by atoms with van der Waals surface area (Å²) in [6.45, 7) is 7.08. The zero-order chi connectivity index (χ0) is 25.3. The quantitative estimate of drug-likeness (QED) is 0.224. The summed E-state index contributed by atoms with van der Waals surface area (Å²) in [5.41, 5.74) is 2.67. The van der Waals surface area contributed by atoms with E-state index >= 15 is 0 Å². The third-order valence-electron chi connectivity index (χ3n) is 5.53. The number of hydrogen-bond acceptors (Lipinski definition) is 9. The molecule has 1 aliphatic heterocycles. The van der Waals surface area contributed by atoms with E-state index in [1.165, 1.54) is 7.11 Å². The molecule has 35 heavy (non-hydrogen) atoms. The van der Waals surface area contributed by atoms with Crippen molar-refractivity contribution in [2.75, 3.05) is 47.6 Å². The summed E-state index contributed by atoms with van der Waals surface area (Å²) in [6.07, 6.45) is 4.16. The van der Waals surface area contributed by atoms with Crippen LogP contribution in [0.25, 0.3) is 0 Å². The predicted molar refractivity (Wildman–Crippen MR) is 128 cm³/mol. The number of ether oxygens (including phenoxy) is 7. The van der Waals surface area contributed by atoms with Crippen molar-refractivity contribution in [2.45, 2.75) is 45.5 Å². The topological polar surface area (TPSA) is 94.6 Å². The SMILES string of the molecule is CCc1c(OCOC)cc(OCOC)c(C(=O)c2ccncc2)c1CCOCC1COC(C)(C)O1.